The summed E-state index contributed by atoms with van der Waals surface area (Å²) in [4.78, 5) is 82.8. The smallest absolute Gasteiger partial charge is 0.870 e. The van der Waals surface area contributed by atoms with E-state index >= 15 is 0 Å². The minimum atomic E-state index is -0.623. The molecule has 17 heteroatoms. The van der Waals surface area contributed by atoms with Crippen LogP contribution in [-0.2, 0) is 9.59 Å². The van der Waals surface area contributed by atoms with E-state index in [0.29, 0.717) is 84.0 Å². The number of benzene rings is 1. The number of aromatic nitrogens is 4. The van der Waals surface area contributed by atoms with Crippen LogP contribution in [0.1, 0.15) is 44.9 Å². The number of carbonyl (C=O) groups excluding carboxylic acids is 5. The summed E-state index contributed by atoms with van der Waals surface area (Å²) in [5.74, 6) is -1.32. The number of H-pyrrole nitrogens is 2. The standard InChI is InChI=1S/C22H22N4O4.C15H18N4O3.K.H2O/c1-14-13-25(21(28)15-6-4-3-5-7-15)10-11-26(14)22(29)19(27)16-12-24-20-18(16)17(30-2)8-9-23-20;1-9-7-16-5-6-19(9)15(21)13(20)10-8-18-14-12(10)11(22-2)3-4-17-14;;/h3-9,12,14H,10-11,13H2,1-2H3,(H,23,24);3-4,8-9,16H,5-7H2,1-2H3,(H,17,18);;1H2/q;;+1;/p-1/t14-;9-;;/m11../s1. The second-order valence-corrected chi connectivity index (χ2v) is 12.6. The third-order valence-electron chi connectivity index (χ3n) is 9.35. The Morgan fingerprint density at radius 2 is 1.24 bits per heavy atom. The maximum Gasteiger partial charge on any atom is 1.00 e. The SMILES string of the molecule is COc1ccnc2[nH]cc(C(=O)C(=O)N3CCN(C(=O)c4ccccc4)C[C@H]3C)c12.COc1ccnc2[nH]cc(C(=O)C(=O)N3CCNC[C@H]3C)c12.[K+].[OH-]. The molecule has 2 aliphatic heterocycles. The number of Topliss-reactive ketones (excluding diaryl/α,β-unsaturated/α-hetero) is 2. The van der Waals surface area contributed by atoms with Crippen molar-refractivity contribution in [1.29, 1.82) is 0 Å². The van der Waals surface area contributed by atoms with Crippen molar-refractivity contribution in [1.82, 2.24) is 40.0 Å². The Balaban J connectivity index is 0.000000242. The van der Waals surface area contributed by atoms with Crippen LogP contribution in [-0.4, -0.2) is 135 Å². The molecule has 7 rings (SSSR count). The Hall–Kier alpha value is -4.49. The fourth-order valence-corrected chi connectivity index (χ4v) is 6.59. The number of nitrogens with zero attached hydrogens (tertiary/aromatic N) is 5. The minimum absolute atomic E-state index is 0. The number of ether oxygens (including phenoxy) is 2. The molecule has 2 aliphatic rings. The first-order valence-electron chi connectivity index (χ1n) is 16.9. The Kier molecular flexibility index (Phi) is 14.6. The van der Waals surface area contributed by atoms with Gasteiger partial charge in [-0.25, -0.2) is 9.97 Å². The van der Waals surface area contributed by atoms with Gasteiger partial charge in [-0.3, -0.25) is 24.0 Å². The molecule has 0 bridgehead atoms. The molecular formula is C37H41KN8O8. The summed E-state index contributed by atoms with van der Waals surface area (Å²) in [5, 5.41) is 4.24. The van der Waals surface area contributed by atoms with Gasteiger partial charge in [0.05, 0.1) is 36.1 Å². The van der Waals surface area contributed by atoms with Crippen LogP contribution in [0.5, 0.6) is 11.5 Å². The van der Waals surface area contributed by atoms with E-state index in [2.05, 4.69) is 25.3 Å². The average molecular weight is 765 g/mol. The molecule has 4 N–H and O–H groups in total. The van der Waals surface area contributed by atoms with Crippen molar-refractivity contribution in [3.63, 3.8) is 0 Å². The molecule has 16 nitrogen and oxygen atoms in total. The van der Waals surface area contributed by atoms with E-state index in [-0.39, 0.29) is 80.4 Å². The number of fused-ring (bicyclic) bond motifs is 2. The Morgan fingerprint density at radius 3 is 1.72 bits per heavy atom. The zero-order valence-corrected chi connectivity index (χ0v) is 33.9. The summed E-state index contributed by atoms with van der Waals surface area (Å²) in [6.07, 6.45) is 6.17. The van der Waals surface area contributed by atoms with Crippen LogP contribution in [0.4, 0.5) is 0 Å². The fraction of sp³-hybridized carbons (Fsp3) is 0.324. The first kappa shape index (κ1) is 42.3. The van der Waals surface area contributed by atoms with Gasteiger partial charge in [0.1, 0.15) is 22.8 Å². The van der Waals surface area contributed by atoms with Crippen LogP contribution < -0.4 is 66.2 Å². The number of aromatic amines is 2. The molecule has 0 aliphatic carbocycles. The van der Waals surface area contributed by atoms with Crippen molar-refractivity contribution >= 4 is 51.4 Å². The van der Waals surface area contributed by atoms with Gasteiger partial charge in [-0.15, -0.1) is 0 Å². The van der Waals surface area contributed by atoms with Gasteiger partial charge in [-0.1, -0.05) is 18.2 Å². The van der Waals surface area contributed by atoms with Gasteiger partial charge in [-0.05, 0) is 38.1 Å². The second kappa shape index (κ2) is 18.7. The van der Waals surface area contributed by atoms with E-state index in [1.165, 1.54) is 31.5 Å². The van der Waals surface area contributed by atoms with Gasteiger partial charge in [0.2, 0.25) is 0 Å². The number of amides is 3. The molecule has 54 heavy (non-hydrogen) atoms. The normalized spacial score (nSPS) is 16.7. The molecule has 5 aromatic rings. The molecular weight excluding hydrogens is 724 g/mol. The van der Waals surface area contributed by atoms with Gasteiger partial charge >= 0.3 is 51.4 Å². The molecule has 2 fully saturated rings. The number of hydrogen-bond donors (Lipinski definition) is 3. The average Bonchev–Trinajstić information content (AvgIpc) is 3.82. The maximum absolute atomic E-state index is 13.0. The third-order valence-corrected chi connectivity index (χ3v) is 9.35. The van der Waals surface area contributed by atoms with E-state index in [4.69, 9.17) is 9.47 Å². The maximum atomic E-state index is 13.0. The van der Waals surface area contributed by atoms with Gasteiger partial charge < -0.3 is 44.9 Å². The molecule has 3 amide bonds. The molecule has 1 aromatic carbocycles. The second-order valence-electron chi connectivity index (χ2n) is 12.6. The summed E-state index contributed by atoms with van der Waals surface area (Å²) >= 11 is 0. The summed E-state index contributed by atoms with van der Waals surface area (Å²) in [6.45, 7) is 6.72. The first-order chi connectivity index (χ1) is 25.1. The zero-order valence-electron chi connectivity index (χ0n) is 30.8. The number of hydrogen-bond acceptors (Lipinski definition) is 11. The van der Waals surface area contributed by atoms with Crippen molar-refractivity contribution in [3.8, 4) is 11.5 Å². The van der Waals surface area contributed by atoms with Gasteiger partial charge in [0.25, 0.3) is 29.3 Å². The van der Waals surface area contributed by atoms with Crippen LogP contribution in [0.25, 0.3) is 22.1 Å². The molecule has 0 unspecified atom stereocenters. The Labute approximate surface area is 353 Å². The van der Waals surface area contributed by atoms with Gasteiger partial charge in [0, 0.05) is 81.7 Å². The Bertz CT molecular complexity index is 2140. The fourth-order valence-electron chi connectivity index (χ4n) is 6.59. The minimum Gasteiger partial charge on any atom is -0.870 e. The molecule has 6 heterocycles. The molecule has 2 atom stereocenters. The van der Waals surface area contributed by atoms with Crippen molar-refractivity contribution in [2.24, 2.45) is 0 Å². The summed E-state index contributed by atoms with van der Waals surface area (Å²) in [5.41, 5.74) is 2.16. The molecule has 0 radical (unpaired) electrons. The predicted molar refractivity (Wildman–Crippen MR) is 193 cm³/mol. The predicted octanol–water partition coefficient (Wildman–Crippen LogP) is -0.471. The molecule has 4 aromatic heterocycles. The topological polar surface area (TPSA) is 213 Å². The Morgan fingerprint density at radius 1 is 0.722 bits per heavy atom. The van der Waals surface area contributed by atoms with Crippen LogP contribution in [0.2, 0.25) is 0 Å². The van der Waals surface area contributed by atoms with Crippen molar-refractivity contribution in [3.05, 3.63) is 83.9 Å². The molecule has 278 valence electrons. The quantitative estimate of drug-likeness (QED) is 0.110. The number of rotatable bonds is 7. The van der Waals surface area contributed by atoms with Gasteiger partial charge in [0.15, 0.2) is 0 Å². The largest absolute Gasteiger partial charge is 1.00 e. The number of methoxy groups -OCH3 is 2. The molecule has 0 saturated carbocycles. The van der Waals surface area contributed by atoms with E-state index < -0.39 is 23.4 Å². The van der Waals surface area contributed by atoms with E-state index in [0.717, 1.165) is 0 Å². The monoisotopic (exact) mass is 764 g/mol. The number of ketones is 2. The molecule has 2 saturated heterocycles. The number of nitrogens with one attached hydrogen (secondary N) is 3. The van der Waals surface area contributed by atoms with Crippen LogP contribution >= 0.6 is 0 Å². The van der Waals surface area contributed by atoms with Crippen LogP contribution in [0.15, 0.2) is 67.3 Å². The molecule has 0 spiro atoms. The van der Waals surface area contributed by atoms with Crippen LogP contribution in [0.3, 0.4) is 0 Å². The first-order valence-corrected chi connectivity index (χ1v) is 16.9. The number of pyridine rings is 2. The van der Waals surface area contributed by atoms with Gasteiger partial charge in [-0.2, -0.15) is 0 Å². The number of carbonyl (C=O) groups is 5. The van der Waals surface area contributed by atoms with Crippen molar-refractivity contribution in [2.75, 3.05) is 53.5 Å². The summed E-state index contributed by atoms with van der Waals surface area (Å²) in [7, 11) is 3.03. The third kappa shape index (κ3) is 8.57. The zero-order chi connectivity index (χ0) is 36.9. The van der Waals surface area contributed by atoms with E-state index in [1.54, 1.807) is 46.5 Å². The summed E-state index contributed by atoms with van der Waals surface area (Å²) < 4.78 is 10.6. The van der Waals surface area contributed by atoms with Crippen molar-refractivity contribution < 1.29 is 90.3 Å². The number of piperazine rings is 2. The van der Waals surface area contributed by atoms with E-state index in [1.807, 2.05) is 32.0 Å². The van der Waals surface area contributed by atoms with Crippen LogP contribution in [0, 0.1) is 0 Å². The van der Waals surface area contributed by atoms with E-state index in [9.17, 15) is 24.0 Å². The summed E-state index contributed by atoms with van der Waals surface area (Å²) in [6, 6.07) is 12.1. The van der Waals surface area contributed by atoms with Crippen molar-refractivity contribution in [2.45, 2.75) is 25.9 Å².